The Balaban J connectivity index is 0.000000606. The predicted molar refractivity (Wildman–Crippen MR) is 71.0 cm³/mol. The van der Waals surface area contributed by atoms with Crippen molar-refractivity contribution in [2.45, 2.75) is 27.7 Å². The number of benzene rings is 1. The quantitative estimate of drug-likeness (QED) is 0.594. The summed E-state index contributed by atoms with van der Waals surface area (Å²) >= 11 is 0. The van der Waals surface area contributed by atoms with Gasteiger partial charge in [-0.05, 0) is 19.4 Å². The van der Waals surface area contributed by atoms with Crippen molar-refractivity contribution < 1.29 is 4.58 Å². The Labute approximate surface area is 98.4 Å². The molecule has 1 aromatic rings. The summed E-state index contributed by atoms with van der Waals surface area (Å²) < 4.78 is 2.15. The zero-order valence-corrected chi connectivity index (χ0v) is 11.1. The lowest BCUT2D eigenvalue weighted by molar-refractivity contribution is -0.366. The minimum atomic E-state index is 1.08. The number of aliphatic imine (C=N–C) groups is 1. The Morgan fingerprint density at radius 3 is 2.31 bits per heavy atom. The number of hydrogen-bond donors (Lipinski definition) is 0. The van der Waals surface area contributed by atoms with Gasteiger partial charge in [-0.2, -0.15) is 0 Å². The van der Waals surface area contributed by atoms with Crippen molar-refractivity contribution >= 4 is 11.5 Å². The van der Waals surface area contributed by atoms with Crippen LogP contribution in [0.25, 0.3) is 0 Å². The maximum Gasteiger partial charge on any atom is 0.325 e. The third-order valence-electron chi connectivity index (χ3n) is 2.92. The highest BCUT2D eigenvalue weighted by Gasteiger charge is 2.29. The fraction of sp³-hybridized carbons (Fsp3) is 0.429. The van der Waals surface area contributed by atoms with E-state index in [0.29, 0.717) is 0 Å². The highest BCUT2D eigenvalue weighted by molar-refractivity contribution is 6.14. The summed E-state index contributed by atoms with van der Waals surface area (Å²) in [6.07, 6.45) is 0. The minimum Gasteiger partial charge on any atom is -0.230 e. The van der Waals surface area contributed by atoms with Gasteiger partial charge in [0.15, 0.2) is 0 Å². The zero-order chi connectivity index (χ0) is 12.3. The molecule has 86 valence electrons. The molecule has 2 heteroatoms. The smallest absolute Gasteiger partial charge is 0.230 e. The molecule has 0 saturated heterocycles. The van der Waals surface area contributed by atoms with E-state index in [2.05, 4.69) is 48.7 Å². The van der Waals surface area contributed by atoms with E-state index in [0.717, 1.165) is 5.84 Å². The number of rotatable bonds is 0. The largest absolute Gasteiger partial charge is 0.325 e. The van der Waals surface area contributed by atoms with Gasteiger partial charge < -0.3 is 0 Å². The van der Waals surface area contributed by atoms with E-state index in [-0.39, 0.29) is 0 Å². The Kier molecular flexibility index (Phi) is 3.99. The van der Waals surface area contributed by atoms with Crippen LogP contribution >= 0.6 is 0 Å². The summed E-state index contributed by atoms with van der Waals surface area (Å²) in [6.45, 7) is 8.27. The monoisotopic (exact) mass is 217 g/mol. The molecule has 0 fully saturated rings. The molecule has 16 heavy (non-hydrogen) atoms. The molecule has 2 nitrogen and oxygen atoms in total. The second kappa shape index (κ2) is 5.06. The van der Waals surface area contributed by atoms with Crippen molar-refractivity contribution in [1.29, 1.82) is 0 Å². The van der Waals surface area contributed by atoms with Gasteiger partial charge in [0.25, 0.3) is 0 Å². The van der Waals surface area contributed by atoms with E-state index < -0.39 is 0 Å². The molecule has 1 aromatic carbocycles. The van der Waals surface area contributed by atoms with E-state index in [1.165, 1.54) is 22.4 Å². The van der Waals surface area contributed by atoms with Gasteiger partial charge in [0.2, 0.25) is 0 Å². The first-order chi connectivity index (χ1) is 7.66. The first kappa shape index (κ1) is 12.6. The number of aryl methyl sites for hydroxylation is 1. The van der Waals surface area contributed by atoms with Crippen LogP contribution in [-0.2, 0) is 0 Å². The van der Waals surface area contributed by atoms with Crippen LogP contribution in [0, 0.1) is 6.92 Å². The summed E-state index contributed by atoms with van der Waals surface area (Å²) in [7, 11) is 3.91. The van der Waals surface area contributed by atoms with Crippen LogP contribution < -0.4 is 0 Å². The fourth-order valence-corrected chi connectivity index (χ4v) is 2.04. The van der Waals surface area contributed by atoms with Crippen molar-refractivity contribution in [2.75, 3.05) is 14.1 Å². The van der Waals surface area contributed by atoms with Crippen molar-refractivity contribution in [3.8, 4) is 0 Å². The van der Waals surface area contributed by atoms with Crippen LogP contribution in [0.4, 0.5) is 0 Å². The predicted octanol–water partition coefficient (Wildman–Crippen LogP) is 2.86. The Morgan fingerprint density at radius 2 is 1.75 bits per heavy atom. The zero-order valence-electron chi connectivity index (χ0n) is 11.1. The van der Waals surface area contributed by atoms with E-state index in [1.807, 2.05) is 20.9 Å². The minimum absolute atomic E-state index is 1.08. The van der Waals surface area contributed by atoms with Gasteiger partial charge in [0.1, 0.15) is 12.8 Å². The molecule has 2 rings (SSSR count). The van der Waals surface area contributed by atoms with Crippen molar-refractivity contribution in [2.24, 2.45) is 4.99 Å². The molecule has 1 heterocycles. The lowest BCUT2D eigenvalue weighted by atomic mass is 10.0. The molecule has 1 aliphatic heterocycles. The Bertz CT molecular complexity index is 454. The summed E-state index contributed by atoms with van der Waals surface area (Å²) in [5.41, 5.74) is 5.18. The maximum absolute atomic E-state index is 4.34. The van der Waals surface area contributed by atoms with Crippen LogP contribution in [0.15, 0.2) is 23.2 Å². The second-order valence-electron chi connectivity index (χ2n) is 3.69. The SMILES string of the molecule is CC.CN=C1c2c(C)cccc2C(C)=[N+]1C. The van der Waals surface area contributed by atoms with Crippen LogP contribution in [0.3, 0.4) is 0 Å². The van der Waals surface area contributed by atoms with Gasteiger partial charge >= 0.3 is 5.84 Å². The Morgan fingerprint density at radius 1 is 1.12 bits per heavy atom. The summed E-state index contributed by atoms with van der Waals surface area (Å²) in [5, 5.41) is 0. The highest BCUT2D eigenvalue weighted by atomic mass is 15.1. The lowest BCUT2D eigenvalue weighted by Gasteiger charge is -1.98. The van der Waals surface area contributed by atoms with Crippen molar-refractivity contribution in [1.82, 2.24) is 0 Å². The van der Waals surface area contributed by atoms with Gasteiger partial charge in [-0.1, -0.05) is 37.0 Å². The number of hydrogen-bond acceptors (Lipinski definition) is 1. The van der Waals surface area contributed by atoms with Gasteiger partial charge in [-0.15, -0.1) is 0 Å². The summed E-state index contributed by atoms with van der Waals surface area (Å²) in [5.74, 6) is 1.08. The lowest BCUT2D eigenvalue weighted by Crippen LogP contribution is -2.15. The van der Waals surface area contributed by atoms with E-state index in [9.17, 15) is 0 Å². The summed E-state index contributed by atoms with van der Waals surface area (Å²) in [4.78, 5) is 4.34. The van der Waals surface area contributed by atoms with Crippen LogP contribution in [-0.4, -0.2) is 30.2 Å². The molecule has 0 unspecified atom stereocenters. The van der Waals surface area contributed by atoms with E-state index in [1.54, 1.807) is 0 Å². The highest BCUT2D eigenvalue weighted by Crippen LogP contribution is 2.21. The maximum atomic E-state index is 4.34. The summed E-state index contributed by atoms with van der Waals surface area (Å²) in [6, 6.07) is 6.40. The molecule has 0 atom stereocenters. The van der Waals surface area contributed by atoms with Gasteiger partial charge in [0, 0.05) is 5.56 Å². The molecule has 0 radical (unpaired) electrons. The van der Waals surface area contributed by atoms with Gasteiger partial charge in [-0.25, -0.2) is 4.58 Å². The molecule has 0 amide bonds. The number of fused-ring (bicyclic) bond motifs is 1. The molecule has 0 aliphatic carbocycles. The van der Waals surface area contributed by atoms with Crippen LogP contribution in [0.2, 0.25) is 0 Å². The molecule has 0 aromatic heterocycles. The standard InChI is InChI=1S/C12H15N2.C2H6/c1-8-6-5-7-10-9(2)14(4)12(13-3)11(8)10;1-2/h5-7H,1-4H3;1-2H3/q+1;. The van der Waals surface area contributed by atoms with Crippen molar-refractivity contribution in [3.05, 3.63) is 34.9 Å². The van der Waals surface area contributed by atoms with Gasteiger partial charge in [0.05, 0.1) is 12.6 Å². The molecule has 0 spiro atoms. The molecule has 0 saturated carbocycles. The average Bonchev–Trinajstić information content (AvgIpc) is 2.57. The number of nitrogens with zero attached hydrogens (tertiary/aromatic N) is 2. The topological polar surface area (TPSA) is 15.4 Å². The number of amidine groups is 1. The fourth-order valence-electron chi connectivity index (χ4n) is 2.04. The van der Waals surface area contributed by atoms with Crippen LogP contribution in [0.1, 0.15) is 37.5 Å². The normalized spacial score (nSPS) is 16.0. The van der Waals surface area contributed by atoms with E-state index >= 15 is 0 Å². The molecule has 0 N–H and O–H groups in total. The molecule has 1 aliphatic rings. The molecular weight excluding hydrogens is 196 g/mol. The van der Waals surface area contributed by atoms with Gasteiger partial charge in [-0.3, -0.25) is 0 Å². The first-order valence-corrected chi connectivity index (χ1v) is 5.81. The third-order valence-corrected chi connectivity index (χ3v) is 2.92. The first-order valence-electron chi connectivity index (χ1n) is 5.81. The molecule has 0 bridgehead atoms. The third kappa shape index (κ3) is 1.80. The average molecular weight is 217 g/mol. The van der Waals surface area contributed by atoms with Crippen molar-refractivity contribution in [3.63, 3.8) is 0 Å². The molecular formula is C14H21N2+. The Hall–Kier alpha value is -1.44. The second-order valence-corrected chi connectivity index (χ2v) is 3.69. The van der Waals surface area contributed by atoms with Crippen LogP contribution in [0.5, 0.6) is 0 Å². The van der Waals surface area contributed by atoms with E-state index in [4.69, 9.17) is 0 Å².